The second kappa shape index (κ2) is 7.75. The lowest BCUT2D eigenvalue weighted by Gasteiger charge is -2.21. The molecule has 146 valence electrons. The van der Waals surface area contributed by atoms with Gasteiger partial charge < -0.3 is 35.2 Å². The molecule has 0 amide bonds. The number of fused-ring (bicyclic) bond motifs is 2. The molecule has 0 saturated carbocycles. The molecule has 1 aromatic heterocycles. The van der Waals surface area contributed by atoms with Gasteiger partial charge >= 0.3 is 0 Å². The number of nitrogens with two attached hydrogens (primary N) is 2. The fraction of sp³-hybridized carbons (Fsp3) is 0.263. The average Bonchev–Trinajstić information content (AvgIpc) is 3.14. The quantitative estimate of drug-likeness (QED) is 0.466. The van der Waals surface area contributed by atoms with E-state index in [-0.39, 0.29) is 32.0 Å². The van der Waals surface area contributed by atoms with E-state index in [9.17, 15) is 0 Å². The Morgan fingerprint density at radius 1 is 1.11 bits per heavy atom. The third-order valence-electron chi connectivity index (χ3n) is 4.24. The van der Waals surface area contributed by atoms with Crippen molar-refractivity contribution in [3.8, 4) is 17.2 Å². The van der Waals surface area contributed by atoms with Crippen LogP contribution in [0, 0.1) is 0 Å². The number of hydrogen-bond acceptors (Lipinski definition) is 9. The van der Waals surface area contributed by atoms with Gasteiger partial charge in [-0.25, -0.2) is 4.98 Å². The van der Waals surface area contributed by atoms with E-state index in [4.69, 9.17) is 35.2 Å². The smallest absolute Gasteiger partial charge is 0.231 e. The Labute approximate surface area is 161 Å². The predicted molar refractivity (Wildman–Crippen MR) is 102 cm³/mol. The summed E-state index contributed by atoms with van der Waals surface area (Å²) < 4.78 is 27.6. The van der Waals surface area contributed by atoms with Gasteiger partial charge in [0.1, 0.15) is 24.5 Å². The van der Waals surface area contributed by atoms with Gasteiger partial charge in [-0.2, -0.15) is 4.98 Å². The zero-order valence-electron chi connectivity index (χ0n) is 15.3. The van der Waals surface area contributed by atoms with E-state index < -0.39 is 6.10 Å². The molecule has 2 heterocycles. The first-order valence-corrected chi connectivity index (χ1v) is 8.60. The third kappa shape index (κ3) is 3.57. The molecule has 0 aliphatic carbocycles. The van der Waals surface area contributed by atoms with Crippen molar-refractivity contribution in [2.24, 2.45) is 0 Å². The minimum Gasteiger partial charge on any atom is -0.482 e. The highest BCUT2D eigenvalue weighted by atomic mass is 16.7. The summed E-state index contributed by atoms with van der Waals surface area (Å²) in [5.41, 5.74) is 13.2. The zero-order valence-corrected chi connectivity index (χ0v) is 15.3. The number of ether oxygens (including phenoxy) is 5. The molecular weight excluding hydrogens is 364 g/mol. The van der Waals surface area contributed by atoms with Crippen LogP contribution in [0.3, 0.4) is 0 Å². The Kier molecular flexibility index (Phi) is 5.00. The maximum Gasteiger partial charge on any atom is 0.231 e. The molecule has 1 atom stereocenters. The Hall–Kier alpha value is -3.30. The van der Waals surface area contributed by atoms with Crippen LogP contribution in [-0.4, -0.2) is 37.3 Å². The van der Waals surface area contributed by atoms with E-state index in [0.29, 0.717) is 28.2 Å². The van der Waals surface area contributed by atoms with E-state index >= 15 is 0 Å². The van der Waals surface area contributed by atoms with Crippen LogP contribution in [0.25, 0.3) is 10.9 Å². The van der Waals surface area contributed by atoms with Gasteiger partial charge in [0, 0.05) is 7.11 Å². The topological polar surface area (TPSA) is 124 Å². The second-order valence-electron chi connectivity index (χ2n) is 6.11. The highest BCUT2D eigenvalue weighted by Gasteiger charge is 2.21. The number of rotatable bonds is 7. The van der Waals surface area contributed by atoms with Gasteiger partial charge in [0.05, 0.1) is 17.5 Å². The zero-order chi connectivity index (χ0) is 19.5. The molecule has 1 aliphatic heterocycles. The largest absolute Gasteiger partial charge is 0.482 e. The summed E-state index contributed by atoms with van der Waals surface area (Å²) in [7, 11) is 1.56. The van der Waals surface area contributed by atoms with Gasteiger partial charge in [-0.15, -0.1) is 0 Å². The van der Waals surface area contributed by atoms with Crippen LogP contribution in [0.1, 0.15) is 11.7 Å². The molecule has 28 heavy (non-hydrogen) atoms. The molecule has 3 aromatic rings. The van der Waals surface area contributed by atoms with Crippen molar-refractivity contribution in [1.29, 1.82) is 0 Å². The summed E-state index contributed by atoms with van der Waals surface area (Å²) in [5, 5.41) is 0.592. The van der Waals surface area contributed by atoms with Crippen LogP contribution in [0.4, 0.5) is 11.8 Å². The van der Waals surface area contributed by atoms with Crippen molar-refractivity contribution in [3.63, 3.8) is 0 Å². The van der Waals surface area contributed by atoms with Crippen molar-refractivity contribution in [3.05, 3.63) is 42.0 Å². The lowest BCUT2D eigenvalue weighted by atomic mass is 10.1. The third-order valence-corrected chi connectivity index (χ3v) is 4.24. The van der Waals surface area contributed by atoms with Gasteiger partial charge in [-0.3, -0.25) is 0 Å². The first-order valence-electron chi connectivity index (χ1n) is 8.60. The molecule has 0 spiro atoms. The summed E-state index contributed by atoms with van der Waals surface area (Å²) in [6, 6.07) is 11.0. The molecule has 1 aliphatic rings. The van der Waals surface area contributed by atoms with Crippen LogP contribution in [-0.2, 0) is 9.47 Å². The number of anilines is 2. The Morgan fingerprint density at radius 2 is 1.96 bits per heavy atom. The normalized spacial score (nSPS) is 13.6. The Balaban J connectivity index is 1.69. The van der Waals surface area contributed by atoms with Crippen LogP contribution in [0.2, 0.25) is 0 Å². The average molecular weight is 384 g/mol. The number of methoxy groups -OCH3 is 1. The highest BCUT2D eigenvalue weighted by Crippen LogP contribution is 2.37. The Morgan fingerprint density at radius 3 is 2.82 bits per heavy atom. The molecular formula is C19H20N4O5. The summed E-state index contributed by atoms with van der Waals surface area (Å²) >= 11 is 0. The van der Waals surface area contributed by atoms with Crippen molar-refractivity contribution in [2.75, 3.05) is 38.8 Å². The fourth-order valence-electron chi connectivity index (χ4n) is 3.00. The van der Waals surface area contributed by atoms with Crippen molar-refractivity contribution in [2.45, 2.75) is 6.10 Å². The molecule has 0 radical (unpaired) electrons. The standard InChI is InChI=1S/C19H20N4O5/c1-24-9-25-8-16(11-5-6-13-15(7-11)27-10-26-13)28-14-4-2-3-12-17(14)18(20)23-19(21)22-12/h2-7,16H,8-10H2,1H3,(H4,20,21,22,23). The van der Waals surface area contributed by atoms with Gasteiger partial charge in [0.2, 0.25) is 12.7 Å². The number of aromatic nitrogens is 2. The van der Waals surface area contributed by atoms with E-state index in [1.807, 2.05) is 24.3 Å². The molecule has 4 N–H and O–H groups in total. The van der Waals surface area contributed by atoms with Gasteiger partial charge in [0.25, 0.3) is 0 Å². The minimum atomic E-state index is -0.452. The number of benzene rings is 2. The van der Waals surface area contributed by atoms with E-state index in [0.717, 1.165) is 5.56 Å². The van der Waals surface area contributed by atoms with E-state index in [1.165, 1.54) is 0 Å². The molecule has 9 nitrogen and oxygen atoms in total. The summed E-state index contributed by atoms with van der Waals surface area (Å²) in [6.07, 6.45) is -0.452. The molecule has 0 bridgehead atoms. The van der Waals surface area contributed by atoms with Gasteiger partial charge in [0.15, 0.2) is 11.5 Å². The summed E-state index contributed by atoms with van der Waals surface area (Å²) in [4.78, 5) is 8.26. The predicted octanol–water partition coefficient (Wildman–Crippen LogP) is 2.26. The first-order chi connectivity index (χ1) is 13.7. The first kappa shape index (κ1) is 18.1. The van der Waals surface area contributed by atoms with Crippen molar-refractivity contribution < 1.29 is 23.7 Å². The molecule has 4 rings (SSSR count). The fourth-order valence-corrected chi connectivity index (χ4v) is 3.00. The number of hydrogen-bond donors (Lipinski definition) is 2. The second-order valence-corrected chi connectivity index (χ2v) is 6.11. The monoisotopic (exact) mass is 384 g/mol. The number of nitrogen functional groups attached to an aromatic ring is 2. The summed E-state index contributed by atoms with van der Waals surface area (Å²) in [6.45, 7) is 0.588. The maximum absolute atomic E-state index is 6.26. The van der Waals surface area contributed by atoms with Crippen molar-refractivity contribution in [1.82, 2.24) is 9.97 Å². The van der Waals surface area contributed by atoms with Crippen LogP contribution >= 0.6 is 0 Å². The van der Waals surface area contributed by atoms with Crippen LogP contribution in [0.15, 0.2) is 36.4 Å². The maximum atomic E-state index is 6.26. The molecule has 1 unspecified atom stereocenters. The molecule has 2 aromatic carbocycles. The van der Waals surface area contributed by atoms with E-state index in [1.54, 1.807) is 19.2 Å². The number of nitrogens with zero attached hydrogens (tertiary/aromatic N) is 2. The Bertz CT molecular complexity index is 997. The van der Waals surface area contributed by atoms with Crippen LogP contribution in [0.5, 0.6) is 17.2 Å². The van der Waals surface area contributed by atoms with Gasteiger partial charge in [-0.05, 0) is 29.8 Å². The molecule has 0 saturated heterocycles. The minimum absolute atomic E-state index is 0.109. The molecule has 0 fully saturated rings. The van der Waals surface area contributed by atoms with Crippen molar-refractivity contribution >= 4 is 22.7 Å². The molecule has 9 heteroatoms. The highest BCUT2D eigenvalue weighted by molar-refractivity contribution is 5.94. The summed E-state index contributed by atoms with van der Waals surface area (Å²) in [5.74, 6) is 2.24. The lowest BCUT2D eigenvalue weighted by molar-refractivity contribution is -0.0569. The van der Waals surface area contributed by atoms with Gasteiger partial charge in [-0.1, -0.05) is 12.1 Å². The SMILES string of the molecule is COCOCC(Oc1cccc2nc(N)nc(N)c12)c1ccc2c(c1)OCO2. The lowest BCUT2D eigenvalue weighted by Crippen LogP contribution is -2.16. The van der Waals surface area contributed by atoms with Crippen LogP contribution < -0.4 is 25.7 Å². The van der Waals surface area contributed by atoms with E-state index in [2.05, 4.69) is 9.97 Å².